The molecule has 0 spiro atoms. The number of carbonyl (C=O) groups is 2. The summed E-state index contributed by atoms with van der Waals surface area (Å²) in [7, 11) is 0. The van der Waals surface area contributed by atoms with Gasteiger partial charge in [0.25, 0.3) is 5.91 Å². The van der Waals surface area contributed by atoms with Crippen LogP contribution in [0.15, 0.2) is 28.8 Å². The van der Waals surface area contributed by atoms with Crippen molar-refractivity contribution in [3.8, 4) is 0 Å². The van der Waals surface area contributed by atoms with Gasteiger partial charge in [0, 0.05) is 28.2 Å². The minimum absolute atomic E-state index is 0.118. The molecule has 1 aromatic heterocycles. The van der Waals surface area contributed by atoms with Gasteiger partial charge in [-0.1, -0.05) is 42.2 Å². The number of nitrogens with zero attached hydrogens (tertiary/aromatic N) is 2. The summed E-state index contributed by atoms with van der Waals surface area (Å²) in [5.74, 6) is 0.393. The number of hydrogen-bond donors (Lipinski definition) is 1. The maximum atomic E-state index is 12.8. The second kappa shape index (κ2) is 8.36. The summed E-state index contributed by atoms with van der Waals surface area (Å²) in [6.45, 7) is 5.94. The molecule has 0 saturated heterocycles. The standard InChI is InChI=1S/C17H19Cl2N3O3/c1-10(2)8-22(9-16(23)20-15-4-11(3)25-21-15)17(24)12-5-13(18)7-14(19)6-12/h4-7,10H,8-9H2,1-3H3,(H,20,21,23). The Kier molecular flexibility index (Phi) is 6.45. The van der Waals surface area contributed by atoms with E-state index in [1.807, 2.05) is 13.8 Å². The first kappa shape index (κ1) is 19.3. The van der Waals surface area contributed by atoms with Gasteiger partial charge < -0.3 is 14.7 Å². The van der Waals surface area contributed by atoms with Crippen LogP contribution in [-0.4, -0.2) is 35.0 Å². The van der Waals surface area contributed by atoms with Crippen LogP contribution in [0.2, 0.25) is 10.0 Å². The molecule has 134 valence electrons. The van der Waals surface area contributed by atoms with E-state index in [0.29, 0.717) is 33.7 Å². The van der Waals surface area contributed by atoms with E-state index in [0.717, 1.165) is 0 Å². The van der Waals surface area contributed by atoms with Crippen LogP contribution in [0.25, 0.3) is 0 Å². The highest BCUT2D eigenvalue weighted by molar-refractivity contribution is 6.35. The Labute approximate surface area is 156 Å². The fourth-order valence-electron chi connectivity index (χ4n) is 2.30. The van der Waals surface area contributed by atoms with E-state index in [-0.39, 0.29) is 24.3 Å². The van der Waals surface area contributed by atoms with Gasteiger partial charge in [-0.25, -0.2) is 0 Å². The van der Waals surface area contributed by atoms with E-state index in [4.69, 9.17) is 27.7 Å². The first-order valence-electron chi connectivity index (χ1n) is 7.73. The topological polar surface area (TPSA) is 75.4 Å². The molecule has 0 aliphatic carbocycles. The molecule has 6 nitrogen and oxygen atoms in total. The quantitative estimate of drug-likeness (QED) is 0.816. The molecule has 1 N–H and O–H groups in total. The molecule has 0 unspecified atom stereocenters. The third-order valence-corrected chi connectivity index (χ3v) is 3.65. The number of benzene rings is 1. The Morgan fingerprint density at radius 1 is 1.20 bits per heavy atom. The van der Waals surface area contributed by atoms with Crippen molar-refractivity contribution < 1.29 is 14.1 Å². The molecule has 2 aromatic rings. The summed E-state index contributed by atoms with van der Waals surface area (Å²) in [5.41, 5.74) is 0.336. The summed E-state index contributed by atoms with van der Waals surface area (Å²) in [6, 6.07) is 6.21. The predicted octanol–water partition coefficient (Wildman–Crippen LogP) is 4.03. The maximum absolute atomic E-state index is 12.8. The zero-order chi connectivity index (χ0) is 18.6. The molecule has 2 rings (SSSR count). The molecule has 0 bridgehead atoms. The van der Waals surface area contributed by atoms with E-state index >= 15 is 0 Å². The van der Waals surface area contributed by atoms with Gasteiger partial charge in [-0.2, -0.15) is 0 Å². The van der Waals surface area contributed by atoms with Crippen molar-refractivity contribution in [2.75, 3.05) is 18.4 Å². The molecule has 0 aliphatic heterocycles. The Morgan fingerprint density at radius 3 is 2.36 bits per heavy atom. The van der Waals surface area contributed by atoms with Crippen molar-refractivity contribution in [3.05, 3.63) is 45.6 Å². The van der Waals surface area contributed by atoms with Crippen molar-refractivity contribution in [2.24, 2.45) is 5.92 Å². The molecule has 0 fully saturated rings. The van der Waals surface area contributed by atoms with Crippen LogP contribution in [0, 0.1) is 12.8 Å². The van der Waals surface area contributed by atoms with Crippen molar-refractivity contribution in [2.45, 2.75) is 20.8 Å². The van der Waals surface area contributed by atoms with Crippen LogP contribution in [0.4, 0.5) is 5.82 Å². The SMILES string of the molecule is Cc1cc(NC(=O)CN(CC(C)C)C(=O)c2cc(Cl)cc(Cl)c2)no1. The fraction of sp³-hybridized carbons (Fsp3) is 0.353. The summed E-state index contributed by atoms with van der Waals surface area (Å²) in [5, 5.41) is 7.04. The Morgan fingerprint density at radius 2 is 1.84 bits per heavy atom. The number of aromatic nitrogens is 1. The van der Waals surface area contributed by atoms with Gasteiger partial charge in [-0.3, -0.25) is 9.59 Å². The van der Waals surface area contributed by atoms with Crippen LogP contribution in [0.3, 0.4) is 0 Å². The lowest BCUT2D eigenvalue weighted by atomic mass is 10.1. The molecule has 2 amide bonds. The van der Waals surface area contributed by atoms with E-state index in [1.165, 1.54) is 17.0 Å². The average molecular weight is 384 g/mol. The summed E-state index contributed by atoms with van der Waals surface area (Å²) in [4.78, 5) is 26.5. The number of halogens is 2. The number of rotatable bonds is 6. The molecule has 0 atom stereocenters. The number of nitrogens with one attached hydrogen (secondary N) is 1. The molecule has 0 aliphatic rings. The first-order valence-corrected chi connectivity index (χ1v) is 8.48. The van der Waals surface area contributed by atoms with Gasteiger partial charge in [0.2, 0.25) is 5.91 Å². The Balaban J connectivity index is 2.14. The van der Waals surface area contributed by atoms with E-state index in [1.54, 1.807) is 19.1 Å². The van der Waals surface area contributed by atoms with Crippen molar-refractivity contribution in [1.29, 1.82) is 0 Å². The molecule has 1 heterocycles. The van der Waals surface area contributed by atoms with Gasteiger partial charge in [-0.05, 0) is 31.0 Å². The lowest BCUT2D eigenvalue weighted by Gasteiger charge is -2.24. The minimum atomic E-state index is -0.365. The fourth-order valence-corrected chi connectivity index (χ4v) is 2.83. The van der Waals surface area contributed by atoms with Crippen LogP contribution in [-0.2, 0) is 4.79 Å². The number of aryl methyl sites for hydroxylation is 1. The third kappa shape index (κ3) is 5.76. The highest BCUT2D eigenvalue weighted by atomic mass is 35.5. The number of anilines is 1. The molecular weight excluding hydrogens is 365 g/mol. The highest BCUT2D eigenvalue weighted by Gasteiger charge is 2.21. The predicted molar refractivity (Wildman–Crippen MR) is 97.1 cm³/mol. The summed E-state index contributed by atoms with van der Waals surface area (Å²) < 4.78 is 4.90. The van der Waals surface area contributed by atoms with Gasteiger partial charge in [-0.15, -0.1) is 0 Å². The number of carbonyl (C=O) groups excluding carboxylic acids is 2. The number of amides is 2. The minimum Gasteiger partial charge on any atom is -0.360 e. The molecule has 0 saturated carbocycles. The molecule has 0 radical (unpaired) electrons. The van der Waals surface area contributed by atoms with Gasteiger partial charge in [0.15, 0.2) is 5.82 Å². The van der Waals surface area contributed by atoms with Crippen LogP contribution in [0.5, 0.6) is 0 Å². The summed E-state index contributed by atoms with van der Waals surface area (Å²) in [6.07, 6.45) is 0. The lowest BCUT2D eigenvalue weighted by molar-refractivity contribution is -0.117. The highest BCUT2D eigenvalue weighted by Crippen LogP contribution is 2.20. The first-order chi connectivity index (χ1) is 11.7. The Hall–Kier alpha value is -2.05. The summed E-state index contributed by atoms with van der Waals surface area (Å²) >= 11 is 11.9. The van der Waals surface area contributed by atoms with Crippen molar-refractivity contribution in [1.82, 2.24) is 10.1 Å². The van der Waals surface area contributed by atoms with Crippen LogP contribution in [0.1, 0.15) is 30.0 Å². The van der Waals surface area contributed by atoms with Crippen LogP contribution >= 0.6 is 23.2 Å². The third-order valence-electron chi connectivity index (χ3n) is 3.21. The van der Waals surface area contributed by atoms with Gasteiger partial charge in [0.1, 0.15) is 12.3 Å². The van der Waals surface area contributed by atoms with Crippen LogP contribution < -0.4 is 5.32 Å². The van der Waals surface area contributed by atoms with Crippen molar-refractivity contribution in [3.63, 3.8) is 0 Å². The van der Waals surface area contributed by atoms with E-state index < -0.39 is 0 Å². The Bertz CT molecular complexity index is 754. The molecule has 25 heavy (non-hydrogen) atoms. The van der Waals surface area contributed by atoms with E-state index in [9.17, 15) is 9.59 Å². The molecular formula is C17H19Cl2N3O3. The van der Waals surface area contributed by atoms with Crippen molar-refractivity contribution >= 4 is 40.8 Å². The largest absolute Gasteiger partial charge is 0.360 e. The van der Waals surface area contributed by atoms with E-state index in [2.05, 4.69) is 10.5 Å². The normalized spacial score (nSPS) is 10.8. The smallest absolute Gasteiger partial charge is 0.254 e. The van der Waals surface area contributed by atoms with Gasteiger partial charge >= 0.3 is 0 Å². The molecule has 8 heteroatoms. The monoisotopic (exact) mass is 383 g/mol. The number of hydrogen-bond acceptors (Lipinski definition) is 4. The maximum Gasteiger partial charge on any atom is 0.254 e. The second-order valence-electron chi connectivity index (χ2n) is 6.11. The molecule has 1 aromatic carbocycles. The van der Waals surface area contributed by atoms with Gasteiger partial charge in [0.05, 0.1) is 0 Å². The average Bonchev–Trinajstić information content (AvgIpc) is 2.89. The lowest BCUT2D eigenvalue weighted by Crippen LogP contribution is -2.40. The second-order valence-corrected chi connectivity index (χ2v) is 6.98. The zero-order valence-electron chi connectivity index (χ0n) is 14.2. The zero-order valence-corrected chi connectivity index (χ0v) is 15.7.